The zero-order valence-electron chi connectivity index (χ0n) is 12.9. The fraction of sp³-hybridized carbons (Fsp3) is 0.200. The fourth-order valence-corrected chi connectivity index (χ4v) is 2.16. The van der Waals surface area contributed by atoms with E-state index in [0.717, 1.165) is 17.1 Å². The molecule has 0 spiro atoms. The Balaban J connectivity index is 1.88. The molecule has 1 N–H and O–H groups in total. The summed E-state index contributed by atoms with van der Waals surface area (Å²) in [7, 11) is 0. The summed E-state index contributed by atoms with van der Waals surface area (Å²) in [6.45, 7) is 1.87. The molecule has 0 saturated heterocycles. The Labute approximate surface area is 139 Å². The largest absolute Gasteiger partial charge is 0.461 e. The summed E-state index contributed by atoms with van der Waals surface area (Å²) in [5.74, 6) is -0.614. The van der Waals surface area contributed by atoms with Gasteiger partial charge in [0.05, 0.1) is 24.1 Å². The SMILES string of the molecule is CCOC(=O)c1n[nH]nc1-c1ccc(-n2cc(C(F)(F)F)cn2)cc1. The predicted molar refractivity (Wildman–Crippen MR) is 79.9 cm³/mol. The van der Waals surface area contributed by atoms with Crippen molar-refractivity contribution < 1.29 is 22.7 Å². The van der Waals surface area contributed by atoms with Crippen LogP contribution in [-0.2, 0) is 10.9 Å². The Hall–Kier alpha value is -3.17. The Morgan fingerprint density at radius 2 is 1.96 bits per heavy atom. The molecule has 0 fully saturated rings. The number of hydrogen-bond acceptors (Lipinski definition) is 5. The molecule has 0 unspecified atom stereocenters. The molecule has 1 aromatic carbocycles. The summed E-state index contributed by atoms with van der Waals surface area (Å²) < 4.78 is 43.9. The quantitative estimate of drug-likeness (QED) is 0.731. The van der Waals surface area contributed by atoms with Gasteiger partial charge in [-0.05, 0) is 19.1 Å². The van der Waals surface area contributed by atoms with Crippen molar-refractivity contribution in [2.45, 2.75) is 13.1 Å². The lowest BCUT2D eigenvalue weighted by Gasteiger charge is -2.04. The van der Waals surface area contributed by atoms with Crippen LogP contribution in [0.1, 0.15) is 23.0 Å². The van der Waals surface area contributed by atoms with Crippen molar-refractivity contribution in [2.24, 2.45) is 0 Å². The first-order chi connectivity index (χ1) is 11.9. The number of esters is 1. The summed E-state index contributed by atoms with van der Waals surface area (Å²) in [5, 5.41) is 13.8. The average molecular weight is 351 g/mol. The van der Waals surface area contributed by atoms with E-state index in [1.807, 2.05) is 0 Å². The molecule has 0 radical (unpaired) electrons. The molecular weight excluding hydrogens is 339 g/mol. The standard InChI is InChI=1S/C15H12F3N5O2/c1-2-25-14(24)13-12(20-22-21-13)9-3-5-11(6-4-9)23-8-10(7-19-23)15(16,17)18/h3-8H,2H2,1H3,(H,20,21,22). The first-order valence-electron chi connectivity index (χ1n) is 7.20. The van der Waals surface area contributed by atoms with E-state index in [-0.39, 0.29) is 12.3 Å². The van der Waals surface area contributed by atoms with Gasteiger partial charge in [0.2, 0.25) is 0 Å². The summed E-state index contributed by atoms with van der Waals surface area (Å²) in [5.41, 5.74) is 0.483. The molecule has 3 rings (SSSR count). The maximum Gasteiger partial charge on any atom is 0.419 e. The molecule has 0 atom stereocenters. The van der Waals surface area contributed by atoms with Crippen LogP contribution < -0.4 is 0 Å². The van der Waals surface area contributed by atoms with Crippen LogP contribution in [0.25, 0.3) is 16.9 Å². The molecule has 2 heterocycles. The number of carbonyl (C=O) groups is 1. The van der Waals surface area contributed by atoms with E-state index < -0.39 is 17.7 Å². The smallest absolute Gasteiger partial charge is 0.419 e. The molecule has 7 nitrogen and oxygen atoms in total. The van der Waals surface area contributed by atoms with Gasteiger partial charge in [-0.2, -0.15) is 28.6 Å². The number of nitrogens with zero attached hydrogens (tertiary/aromatic N) is 4. The summed E-state index contributed by atoms with van der Waals surface area (Å²) in [6, 6.07) is 6.33. The maximum atomic E-state index is 12.6. The van der Waals surface area contributed by atoms with Crippen LogP contribution in [-0.4, -0.2) is 37.8 Å². The number of H-pyrrole nitrogens is 1. The third-order valence-corrected chi connectivity index (χ3v) is 3.33. The number of ether oxygens (including phenoxy) is 1. The molecule has 0 saturated carbocycles. The first kappa shape index (κ1) is 16.7. The lowest BCUT2D eigenvalue weighted by atomic mass is 10.1. The monoisotopic (exact) mass is 351 g/mol. The summed E-state index contributed by atoms with van der Waals surface area (Å²) in [6.07, 6.45) is -2.80. The molecule has 0 bridgehead atoms. The van der Waals surface area contributed by atoms with Gasteiger partial charge in [-0.1, -0.05) is 12.1 Å². The van der Waals surface area contributed by atoms with Crippen LogP contribution in [0.5, 0.6) is 0 Å². The van der Waals surface area contributed by atoms with Crippen LogP contribution >= 0.6 is 0 Å². The van der Waals surface area contributed by atoms with Gasteiger partial charge >= 0.3 is 12.1 Å². The Kier molecular flexibility index (Phi) is 4.26. The molecule has 0 aliphatic carbocycles. The highest BCUT2D eigenvalue weighted by Gasteiger charge is 2.32. The van der Waals surface area contributed by atoms with Crippen molar-refractivity contribution in [2.75, 3.05) is 6.61 Å². The Bertz CT molecular complexity index is 883. The minimum absolute atomic E-state index is 0.0352. The van der Waals surface area contributed by atoms with Gasteiger partial charge in [-0.3, -0.25) is 0 Å². The van der Waals surface area contributed by atoms with Crippen LogP contribution in [0.3, 0.4) is 0 Å². The van der Waals surface area contributed by atoms with E-state index in [2.05, 4.69) is 20.5 Å². The number of benzene rings is 1. The molecule has 3 aromatic rings. The zero-order chi connectivity index (χ0) is 18.0. The second-order valence-corrected chi connectivity index (χ2v) is 4.96. The average Bonchev–Trinajstić information content (AvgIpc) is 3.24. The highest BCUT2D eigenvalue weighted by Crippen LogP contribution is 2.29. The Morgan fingerprint density at radius 3 is 2.56 bits per heavy atom. The number of hydrogen-bond donors (Lipinski definition) is 1. The van der Waals surface area contributed by atoms with Gasteiger partial charge in [0.25, 0.3) is 0 Å². The van der Waals surface area contributed by atoms with Crippen molar-refractivity contribution in [3.8, 4) is 16.9 Å². The summed E-state index contributed by atoms with van der Waals surface area (Å²) >= 11 is 0. The van der Waals surface area contributed by atoms with Crippen molar-refractivity contribution in [3.63, 3.8) is 0 Å². The van der Waals surface area contributed by atoms with E-state index in [0.29, 0.717) is 16.9 Å². The normalized spacial score (nSPS) is 11.5. The number of halogens is 3. The third kappa shape index (κ3) is 3.37. The van der Waals surface area contributed by atoms with E-state index in [9.17, 15) is 18.0 Å². The van der Waals surface area contributed by atoms with E-state index >= 15 is 0 Å². The van der Waals surface area contributed by atoms with E-state index in [1.54, 1.807) is 31.2 Å². The topological polar surface area (TPSA) is 85.7 Å². The molecule has 0 aliphatic rings. The third-order valence-electron chi connectivity index (χ3n) is 3.33. The van der Waals surface area contributed by atoms with Gasteiger partial charge in [0.1, 0.15) is 5.69 Å². The second kappa shape index (κ2) is 6.38. The minimum atomic E-state index is -4.45. The van der Waals surface area contributed by atoms with E-state index in [4.69, 9.17) is 4.74 Å². The number of aromatic nitrogens is 5. The first-order valence-corrected chi connectivity index (χ1v) is 7.20. The predicted octanol–water partition coefficient (Wildman–Crippen LogP) is 2.85. The minimum Gasteiger partial charge on any atom is -0.461 e. The zero-order valence-corrected chi connectivity index (χ0v) is 12.9. The molecule has 2 aromatic heterocycles. The Morgan fingerprint density at radius 1 is 1.24 bits per heavy atom. The number of carbonyl (C=O) groups excluding carboxylic acids is 1. The molecule has 10 heteroatoms. The van der Waals surface area contributed by atoms with Gasteiger partial charge < -0.3 is 4.74 Å². The van der Waals surface area contributed by atoms with Crippen LogP contribution in [0.4, 0.5) is 13.2 Å². The lowest BCUT2D eigenvalue weighted by molar-refractivity contribution is -0.137. The van der Waals surface area contributed by atoms with Gasteiger partial charge in [-0.25, -0.2) is 9.48 Å². The van der Waals surface area contributed by atoms with Crippen LogP contribution in [0, 0.1) is 0 Å². The van der Waals surface area contributed by atoms with Gasteiger partial charge in [-0.15, -0.1) is 5.10 Å². The highest BCUT2D eigenvalue weighted by molar-refractivity contribution is 5.93. The summed E-state index contributed by atoms with van der Waals surface area (Å²) in [4.78, 5) is 11.8. The number of nitrogens with one attached hydrogen (secondary N) is 1. The fourth-order valence-electron chi connectivity index (χ4n) is 2.16. The van der Waals surface area contributed by atoms with Gasteiger partial charge in [0.15, 0.2) is 5.69 Å². The second-order valence-electron chi connectivity index (χ2n) is 4.96. The van der Waals surface area contributed by atoms with Crippen molar-refractivity contribution in [1.82, 2.24) is 25.2 Å². The molecule has 0 aliphatic heterocycles. The molecule has 25 heavy (non-hydrogen) atoms. The molecular formula is C15H12F3N5O2. The van der Waals surface area contributed by atoms with Crippen molar-refractivity contribution in [3.05, 3.63) is 47.9 Å². The molecule has 130 valence electrons. The molecule has 0 amide bonds. The van der Waals surface area contributed by atoms with Crippen molar-refractivity contribution >= 4 is 5.97 Å². The number of rotatable bonds is 4. The van der Waals surface area contributed by atoms with Crippen LogP contribution in [0.2, 0.25) is 0 Å². The van der Waals surface area contributed by atoms with Crippen molar-refractivity contribution in [1.29, 1.82) is 0 Å². The van der Waals surface area contributed by atoms with Crippen LogP contribution in [0.15, 0.2) is 36.7 Å². The number of aromatic amines is 1. The maximum absolute atomic E-state index is 12.6. The lowest BCUT2D eigenvalue weighted by Crippen LogP contribution is -2.06. The van der Waals surface area contributed by atoms with Gasteiger partial charge in [0, 0.05) is 11.8 Å². The van der Waals surface area contributed by atoms with E-state index in [1.165, 1.54) is 0 Å². The highest BCUT2D eigenvalue weighted by atomic mass is 19.4. The number of alkyl halides is 3.